The van der Waals surface area contributed by atoms with Crippen LogP contribution in [0.2, 0.25) is 0 Å². The Morgan fingerprint density at radius 1 is 1.11 bits per heavy atom. The molecule has 1 aromatic rings. The lowest BCUT2D eigenvalue weighted by Crippen LogP contribution is -2.44. The highest BCUT2D eigenvalue weighted by atomic mass is 15.2. The maximum atomic E-state index is 2.67. The summed E-state index contributed by atoms with van der Waals surface area (Å²) in [6, 6.07) is 11.7. The van der Waals surface area contributed by atoms with Crippen LogP contribution in [0.25, 0.3) is 0 Å². The van der Waals surface area contributed by atoms with Crippen LogP contribution in [-0.2, 0) is 6.54 Å². The molecule has 2 nitrogen and oxygen atoms in total. The van der Waals surface area contributed by atoms with Gasteiger partial charge in [-0.25, -0.2) is 0 Å². The van der Waals surface area contributed by atoms with E-state index in [9.17, 15) is 0 Å². The summed E-state index contributed by atoms with van der Waals surface area (Å²) in [7, 11) is 0. The van der Waals surface area contributed by atoms with Crippen molar-refractivity contribution in [3.05, 3.63) is 35.9 Å². The molecule has 0 aromatic heterocycles. The smallest absolute Gasteiger partial charge is 0.0233 e. The number of hydrogen-bond donors (Lipinski definition) is 0. The van der Waals surface area contributed by atoms with E-state index in [0.29, 0.717) is 0 Å². The molecule has 0 N–H and O–H groups in total. The molecule has 0 spiro atoms. The molecule has 0 unspecified atom stereocenters. The second-order valence-electron chi connectivity index (χ2n) is 5.62. The summed E-state index contributed by atoms with van der Waals surface area (Å²) in [6.45, 7) is 10.7. The minimum absolute atomic E-state index is 0.817. The molecule has 0 saturated carbocycles. The van der Waals surface area contributed by atoms with Crippen LogP contribution in [0.1, 0.15) is 38.7 Å². The summed E-state index contributed by atoms with van der Waals surface area (Å²) in [5, 5.41) is 0. The number of nitrogens with zero attached hydrogens (tertiary/aromatic N) is 2. The quantitative estimate of drug-likeness (QED) is 0.773. The summed E-state index contributed by atoms with van der Waals surface area (Å²) in [4.78, 5) is 5.27. The molecule has 1 fully saturated rings. The third-order valence-corrected chi connectivity index (χ3v) is 4.24. The maximum Gasteiger partial charge on any atom is 0.0233 e. The van der Waals surface area contributed by atoms with Gasteiger partial charge in [0.25, 0.3) is 0 Å². The van der Waals surface area contributed by atoms with E-state index in [2.05, 4.69) is 54.0 Å². The zero-order chi connectivity index (χ0) is 13.5. The summed E-state index contributed by atoms with van der Waals surface area (Å²) < 4.78 is 0. The molecule has 1 aliphatic rings. The fraction of sp³-hybridized carbons (Fsp3) is 0.647. The third kappa shape index (κ3) is 4.32. The van der Waals surface area contributed by atoms with E-state index in [1.807, 2.05) is 0 Å². The second-order valence-corrected chi connectivity index (χ2v) is 5.62. The Morgan fingerprint density at radius 2 is 1.79 bits per heavy atom. The van der Waals surface area contributed by atoms with Gasteiger partial charge in [-0.05, 0) is 51.0 Å². The van der Waals surface area contributed by atoms with Crippen molar-refractivity contribution in [3.8, 4) is 0 Å². The molecular formula is C17H28N2. The first kappa shape index (κ1) is 14.5. The van der Waals surface area contributed by atoms with Gasteiger partial charge in [-0.1, -0.05) is 44.2 Å². The highest BCUT2D eigenvalue weighted by molar-refractivity contribution is 5.14. The van der Waals surface area contributed by atoms with Gasteiger partial charge in [0, 0.05) is 12.6 Å². The lowest BCUT2D eigenvalue weighted by molar-refractivity contribution is 0.108. The van der Waals surface area contributed by atoms with E-state index in [4.69, 9.17) is 0 Å². The van der Waals surface area contributed by atoms with Crippen LogP contribution >= 0.6 is 0 Å². The number of likely N-dealkylation sites (tertiary alicyclic amines) is 1. The lowest BCUT2D eigenvalue weighted by atomic mass is 10.0. The molecule has 1 aromatic carbocycles. The minimum atomic E-state index is 0.817. The fourth-order valence-corrected chi connectivity index (χ4v) is 3.17. The van der Waals surface area contributed by atoms with Gasteiger partial charge in [0.1, 0.15) is 0 Å². The summed E-state index contributed by atoms with van der Waals surface area (Å²) in [6.07, 6.45) is 3.94. The lowest BCUT2D eigenvalue weighted by Gasteiger charge is -2.38. The number of piperidine rings is 1. The normalized spacial score (nSPS) is 18.1. The van der Waals surface area contributed by atoms with Crippen molar-refractivity contribution < 1.29 is 0 Å². The van der Waals surface area contributed by atoms with Crippen LogP contribution in [-0.4, -0.2) is 42.0 Å². The SMILES string of the molecule is CCCN(CC)C1CCN(Cc2ccccc2)CC1. The average Bonchev–Trinajstić information content (AvgIpc) is 2.47. The zero-order valence-electron chi connectivity index (χ0n) is 12.5. The topological polar surface area (TPSA) is 6.48 Å². The van der Waals surface area contributed by atoms with E-state index in [1.54, 1.807) is 0 Å². The van der Waals surface area contributed by atoms with E-state index in [0.717, 1.165) is 12.6 Å². The van der Waals surface area contributed by atoms with Gasteiger partial charge < -0.3 is 4.90 Å². The van der Waals surface area contributed by atoms with E-state index < -0.39 is 0 Å². The van der Waals surface area contributed by atoms with Gasteiger partial charge in [-0.15, -0.1) is 0 Å². The number of rotatable bonds is 6. The van der Waals surface area contributed by atoms with Crippen LogP contribution in [0.4, 0.5) is 0 Å². The Hall–Kier alpha value is -0.860. The molecule has 0 atom stereocenters. The molecule has 106 valence electrons. The van der Waals surface area contributed by atoms with Gasteiger partial charge in [-0.2, -0.15) is 0 Å². The van der Waals surface area contributed by atoms with Crippen molar-refractivity contribution in [2.75, 3.05) is 26.2 Å². The molecule has 0 bridgehead atoms. The molecule has 1 heterocycles. The molecular weight excluding hydrogens is 232 g/mol. The molecule has 1 aliphatic heterocycles. The third-order valence-electron chi connectivity index (χ3n) is 4.24. The molecule has 0 radical (unpaired) electrons. The number of benzene rings is 1. The summed E-state index contributed by atoms with van der Waals surface area (Å²) in [5.41, 5.74) is 1.45. The Bertz CT molecular complexity index is 342. The van der Waals surface area contributed by atoms with Crippen molar-refractivity contribution in [2.45, 2.75) is 45.7 Å². The van der Waals surface area contributed by atoms with E-state index in [-0.39, 0.29) is 0 Å². The summed E-state index contributed by atoms with van der Waals surface area (Å²) >= 11 is 0. The molecule has 2 rings (SSSR count). The average molecular weight is 260 g/mol. The van der Waals surface area contributed by atoms with Crippen LogP contribution in [0.15, 0.2) is 30.3 Å². The Morgan fingerprint density at radius 3 is 2.37 bits per heavy atom. The molecule has 19 heavy (non-hydrogen) atoms. The maximum absolute atomic E-state index is 2.67. The highest BCUT2D eigenvalue weighted by Crippen LogP contribution is 2.18. The van der Waals surface area contributed by atoms with Crippen LogP contribution in [0, 0.1) is 0 Å². The van der Waals surface area contributed by atoms with Crippen LogP contribution < -0.4 is 0 Å². The molecule has 0 amide bonds. The van der Waals surface area contributed by atoms with E-state index >= 15 is 0 Å². The van der Waals surface area contributed by atoms with Crippen LogP contribution in [0.5, 0.6) is 0 Å². The van der Waals surface area contributed by atoms with Gasteiger partial charge >= 0.3 is 0 Å². The fourth-order valence-electron chi connectivity index (χ4n) is 3.17. The van der Waals surface area contributed by atoms with Crippen molar-refractivity contribution in [1.82, 2.24) is 9.80 Å². The first-order chi connectivity index (χ1) is 9.33. The Labute approximate surface area is 118 Å². The van der Waals surface area contributed by atoms with Crippen molar-refractivity contribution in [3.63, 3.8) is 0 Å². The minimum Gasteiger partial charge on any atom is -0.301 e. The molecule has 0 aliphatic carbocycles. The van der Waals surface area contributed by atoms with Gasteiger partial charge in [0.15, 0.2) is 0 Å². The van der Waals surface area contributed by atoms with Gasteiger partial charge in [-0.3, -0.25) is 4.90 Å². The first-order valence-electron chi connectivity index (χ1n) is 7.83. The van der Waals surface area contributed by atoms with Crippen molar-refractivity contribution in [1.29, 1.82) is 0 Å². The van der Waals surface area contributed by atoms with Crippen LogP contribution in [0.3, 0.4) is 0 Å². The highest BCUT2D eigenvalue weighted by Gasteiger charge is 2.22. The summed E-state index contributed by atoms with van der Waals surface area (Å²) in [5.74, 6) is 0. The zero-order valence-corrected chi connectivity index (χ0v) is 12.5. The predicted molar refractivity (Wildman–Crippen MR) is 82.3 cm³/mol. The van der Waals surface area contributed by atoms with Gasteiger partial charge in [0.2, 0.25) is 0 Å². The standard InChI is InChI=1S/C17H28N2/c1-3-12-19(4-2)17-10-13-18(14-11-17)15-16-8-6-5-7-9-16/h5-9,17H,3-4,10-15H2,1-2H3. The first-order valence-corrected chi connectivity index (χ1v) is 7.83. The predicted octanol–water partition coefficient (Wildman–Crippen LogP) is 3.38. The Kier molecular flexibility index (Phi) is 5.87. The van der Waals surface area contributed by atoms with Crippen molar-refractivity contribution >= 4 is 0 Å². The van der Waals surface area contributed by atoms with Crippen molar-refractivity contribution in [2.24, 2.45) is 0 Å². The van der Waals surface area contributed by atoms with Gasteiger partial charge in [0.05, 0.1) is 0 Å². The van der Waals surface area contributed by atoms with E-state index in [1.165, 1.54) is 51.0 Å². The number of hydrogen-bond acceptors (Lipinski definition) is 2. The largest absolute Gasteiger partial charge is 0.301 e. The Balaban J connectivity index is 1.79. The molecule has 1 saturated heterocycles. The monoisotopic (exact) mass is 260 g/mol. The molecule has 2 heteroatoms. The second kappa shape index (κ2) is 7.66.